The number of nitrogens with zero attached hydrogens (tertiary/aromatic N) is 1. The number of hydroxylamine groups is 2. The van der Waals surface area contributed by atoms with E-state index in [4.69, 9.17) is 14.3 Å². The van der Waals surface area contributed by atoms with Crippen LogP contribution in [0.4, 0.5) is 4.79 Å². The highest BCUT2D eigenvalue weighted by atomic mass is 16.7. The van der Waals surface area contributed by atoms with Crippen molar-refractivity contribution in [2.24, 2.45) is 0 Å². The Morgan fingerprint density at radius 2 is 2.35 bits per heavy atom. The molecule has 0 atom stereocenters. The van der Waals surface area contributed by atoms with Gasteiger partial charge in [-0.05, 0) is 31.5 Å². The lowest BCUT2D eigenvalue weighted by Crippen LogP contribution is -2.39. The molecule has 0 unspecified atom stereocenters. The molecule has 1 amide bonds. The van der Waals surface area contributed by atoms with Crippen LogP contribution >= 0.6 is 0 Å². The molecule has 0 bridgehead atoms. The molecule has 0 radical (unpaired) electrons. The van der Waals surface area contributed by atoms with Gasteiger partial charge >= 0.3 is 6.09 Å². The average molecular weight is 237 g/mol. The molecular weight excluding hydrogens is 222 g/mol. The van der Waals surface area contributed by atoms with E-state index in [1.54, 1.807) is 26.2 Å². The molecular formula is C12H15NO4. The van der Waals surface area contributed by atoms with Crippen molar-refractivity contribution < 1.29 is 19.1 Å². The molecule has 0 saturated heterocycles. The van der Waals surface area contributed by atoms with Crippen LogP contribution < -0.4 is 9.57 Å². The van der Waals surface area contributed by atoms with E-state index in [2.05, 4.69) is 0 Å². The summed E-state index contributed by atoms with van der Waals surface area (Å²) in [7, 11) is 1.62. The number of hydrogen-bond donors (Lipinski definition) is 0. The highest BCUT2D eigenvalue weighted by Gasteiger charge is 2.23. The van der Waals surface area contributed by atoms with Crippen molar-refractivity contribution in [1.29, 1.82) is 0 Å². The van der Waals surface area contributed by atoms with Gasteiger partial charge in [0.1, 0.15) is 5.75 Å². The van der Waals surface area contributed by atoms with Gasteiger partial charge < -0.3 is 14.3 Å². The van der Waals surface area contributed by atoms with Gasteiger partial charge in [0, 0.05) is 5.56 Å². The van der Waals surface area contributed by atoms with Crippen molar-refractivity contribution in [3.8, 4) is 11.5 Å². The van der Waals surface area contributed by atoms with Gasteiger partial charge in [-0.1, -0.05) is 0 Å². The SMILES string of the molecule is CCOC(=O)N1CCc2cc(OC)ccc2O1. The van der Waals surface area contributed by atoms with Crippen LogP contribution in [0.15, 0.2) is 18.2 Å². The summed E-state index contributed by atoms with van der Waals surface area (Å²) in [5.74, 6) is 1.46. The normalized spacial score (nSPS) is 13.6. The first-order valence-electron chi connectivity index (χ1n) is 5.53. The zero-order valence-corrected chi connectivity index (χ0v) is 9.93. The second-order valence-corrected chi connectivity index (χ2v) is 3.62. The highest BCUT2D eigenvalue weighted by molar-refractivity contribution is 5.67. The topological polar surface area (TPSA) is 48.0 Å². The molecule has 1 aliphatic rings. The first-order valence-corrected chi connectivity index (χ1v) is 5.53. The van der Waals surface area contributed by atoms with Crippen molar-refractivity contribution in [3.05, 3.63) is 23.8 Å². The molecule has 1 aromatic rings. The second kappa shape index (κ2) is 4.95. The molecule has 1 aliphatic heterocycles. The monoisotopic (exact) mass is 237 g/mol. The summed E-state index contributed by atoms with van der Waals surface area (Å²) >= 11 is 0. The van der Waals surface area contributed by atoms with Crippen molar-refractivity contribution in [3.63, 3.8) is 0 Å². The molecule has 0 saturated carbocycles. The maximum Gasteiger partial charge on any atom is 0.443 e. The maximum atomic E-state index is 11.5. The summed E-state index contributed by atoms with van der Waals surface area (Å²) in [5, 5.41) is 1.23. The Bertz CT molecular complexity index is 419. The molecule has 1 aromatic carbocycles. The van der Waals surface area contributed by atoms with Gasteiger partial charge in [0.25, 0.3) is 0 Å². The Labute approximate surface area is 99.8 Å². The molecule has 2 rings (SSSR count). The van der Waals surface area contributed by atoms with Crippen molar-refractivity contribution in [1.82, 2.24) is 5.06 Å². The van der Waals surface area contributed by atoms with Gasteiger partial charge in [-0.2, -0.15) is 0 Å². The number of hydrogen-bond acceptors (Lipinski definition) is 4. The zero-order chi connectivity index (χ0) is 12.3. The third-order valence-corrected chi connectivity index (χ3v) is 2.53. The quantitative estimate of drug-likeness (QED) is 0.789. The molecule has 0 fully saturated rings. The van der Waals surface area contributed by atoms with E-state index in [1.165, 1.54) is 5.06 Å². The van der Waals surface area contributed by atoms with E-state index < -0.39 is 6.09 Å². The third-order valence-electron chi connectivity index (χ3n) is 2.53. The van der Waals surface area contributed by atoms with Gasteiger partial charge in [0.2, 0.25) is 0 Å². The first-order chi connectivity index (χ1) is 8.24. The van der Waals surface area contributed by atoms with E-state index in [0.717, 1.165) is 17.7 Å². The first kappa shape index (κ1) is 11.6. The minimum atomic E-state index is -0.450. The molecule has 0 aromatic heterocycles. The molecule has 17 heavy (non-hydrogen) atoms. The van der Waals surface area contributed by atoms with Crippen LogP contribution in [0.25, 0.3) is 0 Å². The lowest BCUT2D eigenvalue weighted by molar-refractivity contribution is -0.0551. The Balaban J connectivity index is 2.11. The predicted octanol–water partition coefficient (Wildman–Crippen LogP) is 2.00. The molecule has 0 spiro atoms. The Morgan fingerprint density at radius 1 is 1.53 bits per heavy atom. The van der Waals surface area contributed by atoms with Crippen molar-refractivity contribution in [2.45, 2.75) is 13.3 Å². The summed E-state index contributed by atoms with van der Waals surface area (Å²) in [6.07, 6.45) is 0.277. The Morgan fingerprint density at radius 3 is 3.06 bits per heavy atom. The lowest BCUT2D eigenvalue weighted by atomic mass is 10.1. The van der Waals surface area contributed by atoms with Crippen LogP contribution in [0.1, 0.15) is 12.5 Å². The van der Waals surface area contributed by atoms with Crippen LogP contribution in [-0.2, 0) is 11.2 Å². The molecule has 0 aliphatic carbocycles. The molecule has 1 heterocycles. The lowest BCUT2D eigenvalue weighted by Gasteiger charge is -2.27. The van der Waals surface area contributed by atoms with E-state index in [1.807, 2.05) is 6.07 Å². The summed E-state index contributed by atoms with van der Waals surface area (Å²) < 4.78 is 10.0. The van der Waals surface area contributed by atoms with Crippen molar-refractivity contribution >= 4 is 6.09 Å². The van der Waals surface area contributed by atoms with Crippen molar-refractivity contribution in [2.75, 3.05) is 20.3 Å². The summed E-state index contributed by atoms with van der Waals surface area (Å²) in [6.45, 7) is 2.59. The van der Waals surface area contributed by atoms with Crippen LogP contribution in [0.2, 0.25) is 0 Å². The van der Waals surface area contributed by atoms with E-state index in [9.17, 15) is 4.79 Å². The third kappa shape index (κ3) is 2.43. The molecule has 0 N–H and O–H groups in total. The highest BCUT2D eigenvalue weighted by Crippen LogP contribution is 2.28. The van der Waals surface area contributed by atoms with Crippen LogP contribution in [0, 0.1) is 0 Å². The number of amides is 1. The van der Waals surface area contributed by atoms with E-state index in [0.29, 0.717) is 18.9 Å². The molecule has 5 nitrogen and oxygen atoms in total. The van der Waals surface area contributed by atoms with Gasteiger partial charge in [-0.25, -0.2) is 4.79 Å². The maximum absolute atomic E-state index is 11.5. The smallest absolute Gasteiger partial charge is 0.443 e. The van der Waals surface area contributed by atoms with E-state index >= 15 is 0 Å². The number of carbonyl (C=O) groups excluding carboxylic acids is 1. The number of rotatable bonds is 2. The van der Waals surface area contributed by atoms with Gasteiger partial charge in [-0.15, -0.1) is 5.06 Å². The van der Waals surface area contributed by atoms with Crippen LogP contribution in [0.3, 0.4) is 0 Å². The predicted molar refractivity (Wildman–Crippen MR) is 61.1 cm³/mol. The molecule has 92 valence electrons. The minimum Gasteiger partial charge on any atom is -0.497 e. The zero-order valence-electron chi connectivity index (χ0n) is 9.93. The second-order valence-electron chi connectivity index (χ2n) is 3.62. The Kier molecular flexibility index (Phi) is 3.37. The number of carbonyl (C=O) groups is 1. The number of fused-ring (bicyclic) bond motifs is 1. The fraction of sp³-hybridized carbons (Fsp3) is 0.417. The number of methoxy groups -OCH3 is 1. The van der Waals surface area contributed by atoms with Crippen LogP contribution in [0.5, 0.6) is 11.5 Å². The fourth-order valence-electron chi connectivity index (χ4n) is 1.68. The average Bonchev–Trinajstić information content (AvgIpc) is 2.37. The Hall–Kier alpha value is -1.91. The summed E-state index contributed by atoms with van der Waals surface area (Å²) in [5.41, 5.74) is 1.03. The largest absolute Gasteiger partial charge is 0.497 e. The van der Waals surface area contributed by atoms with Gasteiger partial charge in [-0.3, -0.25) is 0 Å². The van der Waals surface area contributed by atoms with Gasteiger partial charge in [0.05, 0.1) is 20.3 Å². The number of ether oxygens (including phenoxy) is 2. The summed E-state index contributed by atoms with van der Waals surface area (Å²) in [6, 6.07) is 5.50. The minimum absolute atomic E-state index is 0.341. The standard InChI is InChI=1S/C12H15NO4/c1-3-16-12(14)13-7-6-9-8-10(15-2)4-5-11(9)17-13/h4-5,8H,3,6-7H2,1-2H3. The van der Waals surface area contributed by atoms with Crippen LogP contribution in [-0.4, -0.2) is 31.4 Å². The molecule has 5 heteroatoms. The number of benzene rings is 1. The van der Waals surface area contributed by atoms with Gasteiger partial charge in [0.15, 0.2) is 5.75 Å². The fourth-order valence-corrected chi connectivity index (χ4v) is 1.68. The summed E-state index contributed by atoms with van der Waals surface area (Å²) in [4.78, 5) is 16.9. The van der Waals surface area contributed by atoms with E-state index in [-0.39, 0.29) is 0 Å².